The van der Waals surface area contributed by atoms with E-state index in [-0.39, 0.29) is 19.0 Å². The molecule has 2 rings (SSSR count). The third kappa shape index (κ3) is 4.79. The highest BCUT2D eigenvalue weighted by Gasteiger charge is 2.37. The van der Waals surface area contributed by atoms with Crippen molar-refractivity contribution in [3.63, 3.8) is 0 Å². The Morgan fingerprint density at radius 1 is 1.08 bits per heavy atom. The molecule has 0 radical (unpaired) electrons. The van der Waals surface area contributed by atoms with Crippen LogP contribution in [-0.4, -0.2) is 25.4 Å². The van der Waals surface area contributed by atoms with E-state index in [0.29, 0.717) is 17.0 Å². The van der Waals surface area contributed by atoms with E-state index in [1.54, 1.807) is 57.4 Å². The predicted molar refractivity (Wildman–Crippen MR) is 103 cm³/mol. The van der Waals surface area contributed by atoms with Crippen LogP contribution in [0, 0.1) is 6.92 Å². The Bertz CT molecular complexity index is 753. The third-order valence-corrected chi connectivity index (χ3v) is 6.11. The molecule has 2 aromatic rings. The number of rotatable bonds is 9. The summed E-state index contributed by atoms with van der Waals surface area (Å²) in [4.78, 5) is 0. The van der Waals surface area contributed by atoms with E-state index in [4.69, 9.17) is 13.8 Å². The van der Waals surface area contributed by atoms with E-state index in [1.165, 1.54) is 0 Å². The molecule has 26 heavy (non-hydrogen) atoms. The molecule has 2 N–H and O–H groups in total. The van der Waals surface area contributed by atoms with Gasteiger partial charge in [0.05, 0.1) is 26.0 Å². The number of aryl methyl sites for hydroxylation is 1. The van der Waals surface area contributed by atoms with Crippen LogP contribution in [0.4, 0.5) is 5.69 Å². The summed E-state index contributed by atoms with van der Waals surface area (Å²) in [5.41, 5.74) is 2.08. The fraction of sp³-hybridized carbons (Fsp3) is 0.368. The Balaban J connectivity index is 2.47. The highest BCUT2D eigenvalue weighted by atomic mass is 31.2. The first-order valence-corrected chi connectivity index (χ1v) is 10.1. The van der Waals surface area contributed by atoms with Crippen molar-refractivity contribution in [2.45, 2.75) is 26.6 Å². The zero-order valence-electron chi connectivity index (χ0n) is 15.6. The highest BCUT2D eigenvalue weighted by Crippen LogP contribution is 2.61. The molecule has 0 aromatic heterocycles. The number of nitrogens with one attached hydrogen (secondary N) is 1. The predicted octanol–water partition coefficient (Wildman–Crippen LogP) is 5.09. The number of methoxy groups -OCH3 is 1. The first-order chi connectivity index (χ1) is 12.4. The van der Waals surface area contributed by atoms with E-state index in [9.17, 15) is 9.67 Å². The molecule has 0 saturated carbocycles. The Kier molecular flexibility index (Phi) is 7.09. The molecule has 142 valence electrons. The lowest BCUT2D eigenvalue weighted by Crippen LogP contribution is -2.15. The minimum Gasteiger partial charge on any atom is -0.506 e. The van der Waals surface area contributed by atoms with E-state index >= 15 is 0 Å². The molecule has 1 unspecified atom stereocenters. The van der Waals surface area contributed by atoms with Crippen LogP contribution in [-0.2, 0) is 13.6 Å². The largest absolute Gasteiger partial charge is 0.506 e. The number of phenolic OH excluding ortho intramolecular Hbond substituents is 1. The molecule has 0 fully saturated rings. The lowest BCUT2D eigenvalue weighted by Gasteiger charge is -2.28. The van der Waals surface area contributed by atoms with Gasteiger partial charge in [0.1, 0.15) is 11.5 Å². The number of phenols is 1. The molecule has 0 amide bonds. The van der Waals surface area contributed by atoms with Crippen molar-refractivity contribution >= 4 is 13.3 Å². The SMILES string of the molecule is CCOP(=O)(OCC)C(Nc1ccc(C)cc1O)c1ccc(OC)cc1. The minimum atomic E-state index is -3.54. The van der Waals surface area contributed by atoms with Gasteiger partial charge in [-0.2, -0.15) is 0 Å². The van der Waals surface area contributed by atoms with Crippen LogP contribution >= 0.6 is 7.60 Å². The van der Waals surface area contributed by atoms with E-state index < -0.39 is 13.4 Å². The maximum Gasteiger partial charge on any atom is 0.357 e. The van der Waals surface area contributed by atoms with Crippen LogP contribution < -0.4 is 10.1 Å². The van der Waals surface area contributed by atoms with Crippen LogP contribution in [0.5, 0.6) is 11.5 Å². The lowest BCUT2D eigenvalue weighted by atomic mass is 10.2. The maximum absolute atomic E-state index is 13.4. The molecular weight excluding hydrogens is 353 g/mol. The summed E-state index contributed by atoms with van der Waals surface area (Å²) in [7, 11) is -1.95. The molecular formula is C19H26NO5P. The summed E-state index contributed by atoms with van der Waals surface area (Å²) in [6.07, 6.45) is 0. The standard InChI is InChI=1S/C19H26NO5P/c1-5-24-26(22,25-6-2)19(15-8-10-16(23-4)11-9-15)20-17-12-7-14(3)13-18(17)21/h7-13,19-21H,5-6H2,1-4H3. The molecule has 0 aliphatic carbocycles. The van der Waals surface area contributed by atoms with Gasteiger partial charge in [-0.15, -0.1) is 0 Å². The zero-order valence-corrected chi connectivity index (χ0v) is 16.5. The molecule has 0 saturated heterocycles. The quantitative estimate of drug-likeness (QED) is 0.467. The number of benzene rings is 2. The van der Waals surface area contributed by atoms with Gasteiger partial charge in [-0.3, -0.25) is 4.57 Å². The molecule has 0 bridgehead atoms. The molecule has 2 aromatic carbocycles. The summed E-state index contributed by atoms with van der Waals surface area (Å²) < 4.78 is 29.7. The van der Waals surface area contributed by atoms with Crippen molar-refractivity contribution in [1.29, 1.82) is 0 Å². The molecule has 0 heterocycles. The number of hydrogen-bond acceptors (Lipinski definition) is 6. The molecule has 1 atom stereocenters. The molecule has 0 aliphatic rings. The monoisotopic (exact) mass is 379 g/mol. The summed E-state index contributed by atoms with van der Waals surface area (Å²) in [5, 5.41) is 13.4. The van der Waals surface area contributed by atoms with Crippen LogP contribution in [0.2, 0.25) is 0 Å². The van der Waals surface area contributed by atoms with Crippen molar-refractivity contribution in [2.24, 2.45) is 0 Å². The van der Waals surface area contributed by atoms with E-state index in [2.05, 4.69) is 5.32 Å². The fourth-order valence-corrected chi connectivity index (χ4v) is 4.52. The molecule has 7 heteroatoms. The number of hydrogen-bond donors (Lipinski definition) is 2. The second kappa shape index (κ2) is 9.08. The first kappa shape index (κ1) is 20.3. The topological polar surface area (TPSA) is 77.0 Å². The minimum absolute atomic E-state index is 0.0723. The van der Waals surface area contributed by atoms with E-state index in [0.717, 1.165) is 5.56 Å². The summed E-state index contributed by atoms with van der Waals surface area (Å²) in [6, 6.07) is 12.4. The Labute approximate surface area is 154 Å². The molecule has 0 aliphatic heterocycles. The van der Waals surface area contributed by atoms with Crippen LogP contribution in [0.15, 0.2) is 42.5 Å². The van der Waals surface area contributed by atoms with Gasteiger partial charge in [0, 0.05) is 0 Å². The van der Waals surface area contributed by atoms with Crippen molar-refractivity contribution < 1.29 is 23.5 Å². The lowest BCUT2D eigenvalue weighted by molar-refractivity contribution is 0.214. The number of aromatic hydroxyl groups is 1. The molecule has 0 spiro atoms. The van der Waals surface area contributed by atoms with Gasteiger partial charge >= 0.3 is 7.60 Å². The van der Waals surface area contributed by atoms with E-state index in [1.807, 2.05) is 13.0 Å². The smallest absolute Gasteiger partial charge is 0.357 e. The Morgan fingerprint density at radius 3 is 2.19 bits per heavy atom. The number of anilines is 1. The van der Waals surface area contributed by atoms with Gasteiger partial charge in [0.25, 0.3) is 0 Å². The third-order valence-electron chi connectivity index (χ3n) is 3.81. The van der Waals surface area contributed by atoms with Crippen LogP contribution in [0.1, 0.15) is 30.8 Å². The van der Waals surface area contributed by atoms with Crippen molar-refractivity contribution in [2.75, 3.05) is 25.6 Å². The second-order valence-corrected chi connectivity index (χ2v) is 7.83. The summed E-state index contributed by atoms with van der Waals surface area (Å²) in [6.45, 7) is 5.90. The maximum atomic E-state index is 13.4. The molecule has 6 nitrogen and oxygen atoms in total. The van der Waals surface area contributed by atoms with Gasteiger partial charge in [0.15, 0.2) is 5.78 Å². The van der Waals surface area contributed by atoms with Crippen LogP contribution in [0.3, 0.4) is 0 Å². The summed E-state index contributed by atoms with van der Waals surface area (Å²) in [5.74, 6) is -0.0155. The van der Waals surface area contributed by atoms with Crippen molar-refractivity contribution in [3.8, 4) is 11.5 Å². The first-order valence-electron chi connectivity index (χ1n) is 8.52. The normalized spacial score (nSPS) is 12.6. The van der Waals surface area contributed by atoms with Gasteiger partial charge in [-0.1, -0.05) is 18.2 Å². The Morgan fingerprint density at radius 2 is 1.69 bits per heavy atom. The van der Waals surface area contributed by atoms with Crippen molar-refractivity contribution in [1.82, 2.24) is 0 Å². The Hall–Kier alpha value is -2.01. The summed E-state index contributed by atoms with van der Waals surface area (Å²) >= 11 is 0. The fourth-order valence-electron chi connectivity index (χ4n) is 2.59. The second-order valence-electron chi connectivity index (χ2n) is 5.72. The number of ether oxygens (including phenoxy) is 1. The average molecular weight is 379 g/mol. The van der Waals surface area contributed by atoms with Gasteiger partial charge < -0.3 is 24.2 Å². The van der Waals surface area contributed by atoms with Crippen molar-refractivity contribution in [3.05, 3.63) is 53.6 Å². The van der Waals surface area contributed by atoms with Gasteiger partial charge in [0.2, 0.25) is 0 Å². The average Bonchev–Trinajstić information content (AvgIpc) is 2.61. The van der Waals surface area contributed by atoms with Crippen LogP contribution in [0.25, 0.3) is 0 Å². The van der Waals surface area contributed by atoms with Gasteiger partial charge in [-0.05, 0) is 56.2 Å². The van der Waals surface area contributed by atoms with Gasteiger partial charge in [-0.25, -0.2) is 0 Å². The highest BCUT2D eigenvalue weighted by molar-refractivity contribution is 7.54. The zero-order chi connectivity index (χ0) is 19.2.